The van der Waals surface area contributed by atoms with Gasteiger partial charge in [-0.3, -0.25) is 24.9 Å². The Balaban J connectivity index is 0.000000214. The molecule has 0 bridgehead atoms. The molecule has 3 fully saturated rings. The maximum Gasteiger partial charge on any atom is 0.407 e. The van der Waals surface area contributed by atoms with Gasteiger partial charge in [0.05, 0.1) is 0 Å². The number of nitrogens with zero attached hydrogens (tertiary/aromatic N) is 8. The van der Waals surface area contributed by atoms with Crippen molar-refractivity contribution in [1.82, 2.24) is 71.3 Å². The molecule has 57 heavy (non-hydrogen) atoms. The second-order valence-corrected chi connectivity index (χ2v) is 15.3. The van der Waals surface area contributed by atoms with Gasteiger partial charge in [0.2, 0.25) is 17.5 Å². The first kappa shape index (κ1) is 45.7. The number of carbonyl (C=O) groups excluding carboxylic acids is 4. The average Bonchev–Trinajstić information content (AvgIpc) is 3.97. The SMILES string of the molecule is CC(C)(C)OC(=O)NC1CCN(C(=O)c2ncn[nH]2)CC1.CC(C)(C)OC(=O)NC1CCNCC1.NC1CCN(C(=O)c2ncn[nH]2)CC1.O=C(O)c1ncn[nH]1. The van der Waals surface area contributed by atoms with Gasteiger partial charge in [-0.25, -0.2) is 29.3 Å². The fourth-order valence-corrected chi connectivity index (χ4v) is 5.47. The number of rotatable bonds is 5. The molecule has 0 aliphatic carbocycles. The molecule has 3 saturated heterocycles. The highest BCUT2D eigenvalue weighted by Crippen LogP contribution is 2.14. The van der Waals surface area contributed by atoms with E-state index in [1.807, 2.05) is 41.5 Å². The lowest BCUT2D eigenvalue weighted by molar-refractivity contribution is 0.0465. The number of hydrogen-bond donors (Lipinski definition) is 8. The summed E-state index contributed by atoms with van der Waals surface area (Å²) in [4.78, 5) is 71.2. The van der Waals surface area contributed by atoms with Crippen LogP contribution in [-0.4, -0.2) is 159 Å². The smallest absolute Gasteiger partial charge is 0.407 e. The molecule has 4 amide bonds. The van der Waals surface area contributed by atoms with Gasteiger partial charge in [-0.1, -0.05) is 0 Å². The minimum atomic E-state index is -1.09. The topological polar surface area (TPSA) is 317 Å². The van der Waals surface area contributed by atoms with Crippen LogP contribution in [0, 0.1) is 0 Å². The number of aromatic nitrogens is 9. The number of aromatic carboxylic acids is 1. The first-order valence-corrected chi connectivity index (χ1v) is 18.7. The summed E-state index contributed by atoms with van der Waals surface area (Å²) in [5.41, 5.74) is 4.83. The van der Waals surface area contributed by atoms with Crippen molar-refractivity contribution in [3.63, 3.8) is 0 Å². The van der Waals surface area contributed by atoms with Crippen LogP contribution >= 0.6 is 0 Å². The molecule has 9 N–H and O–H groups in total. The number of likely N-dealkylation sites (tertiary alicyclic amines) is 2. The molecular weight excluding hydrogens is 746 g/mol. The molecule has 0 spiro atoms. The number of amides is 4. The lowest BCUT2D eigenvalue weighted by Crippen LogP contribution is -2.47. The quantitative estimate of drug-likeness (QED) is 0.179. The Labute approximate surface area is 330 Å². The molecule has 316 valence electrons. The number of carboxylic acid groups (broad SMARTS) is 1. The highest BCUT2D eigenvalue weighted by atomic mass is 16.6. The molecule has 0 unspecified atom stereocenters. The molecule has 23 heteroatoms. The number of carboxylic acids is 1. The van der Waals surface area contributed by atoms with Crippen LogP contribution < -0.4 is 21.7 Å². The standard InChI is InChI=1S/C13H21N5O3.C10H20N2O2.C8H13N5O.C3H3N3O2/c1-13(2,3)21-12(20)16-9-4-6-18(7-5-9)11(19)10-14-8-15-17-10;1-10(2,3)14-9(13)12-8-4-6-11-7-5-8;9-6-1-3-13(4-2-6)8(14)7-10-5-11-12-7;7-3(8)2-4-1-5-6-2/h8-9H,4-7H2,1-3H3,(H,16,20)(H,14,15,17);8,11H,4-7H2,1-3H3,(H,12,13);5-6H,1-4,9H2,(H,10,11,12);1H,(H,7,8)(H,4,5,6). The molecular formula is C34H57N15O8. The first-order valence-electron chi connectivity index (χ1n) is 18.7. The summed E-state index contributed by atoms with van der Waals surface area (Å²) in [6.45, 7) is 15.6. The molecule has 0 saturated carbocycles. The van der Waals surface area contributed by atoms with E-state index in [0.717, 1.165) is 45.1 Å². The number of piperidine rings is 3. The van der Waals surface area contributed by atoms with Crippen LogP contribution in [0.15, 0.2) is 19.0 Å². The van der Waals surface area contributed by atoms with E-state index in [-0.39, 0.29) is 47.7 Å². The molecule has 6 heterocycles. The Kier molecular flexibility index (Phi) is 17.7. The van der Waals surface area contributed by atoms with E-state index in [9.17, 15) is 24.0 Å². The number of ether oxygens (including phenoxy) is 2. The molecule has 0 atom stereocenters. The molecule has 3 aliphatic heterocycles. The van der Waals surface area contributed by atoms with Gasteiger partial charge in [0.15, 0.2) is 0 Å². The zero-order valence-corrected chi connectivity index (χ0v) is 33.4. The maximum atomic E-state index is 12.1. The van der Waals surface area contributed by atoms with Crippen molar-refractivity contribution in [3.8, 4) is 0 Å². The van der Waals surface area contributed by atoms with E-state index in [2.05, 4.69) is 61.5 Å². The lowest BCUT2D eigenvalue weighted by atomic mass is 10.1. The van der Waals surface area contributed by atoms with Gasteiger partial charge in [-0.15, -0.1) is 0 Å². The number of alkyl carbamates (subject to hydrolysis) is 2. The van der Waals surface area contributed by atoms with Crippen molar-refractivity contribution in [1.29, 1.82) is 0 Å². The van der Waals surface area contributed by atoms with Gasteiger partial charge in [0, 0.05) is 44.3 Å². The maximum absolute atomic E-state index is 12.1. The third-order valence-corrected chi connectivity index (χ3v) is 8.24. The molecule has 0 radical (unpaired) electrons. The summed E-state index contributed by atoms with van der Waals surface area (Å²) in [6.07, 6.45) is 8.15. The Morgan fingerprint density at radius 3 is 1.35 bits per heavy atom. The van der Waals surface area contributed by atoms with Gasteiger partial charge in [0.1, 0.15) is 30.2 Å². The molecule has 23 nitrogen and oxygen atoms in total. The molecule has 0 aromatic carbocycles. The Morgan fingerprint density at radius 1 is 0.649 bits per heavy atom. The minimum Gasteiger partial charge on any atom is -0.475 e. The van der Waals surface area contributed by atoms with E-state index < -0.39 is 23.3 Å². The predicted molar refractivity (Wildman–Crippen MR) is 203 cm³/mol. The third-order valence-electron chi connectivity index (χ3n) is 8.24. The van der Waals surface area contributed by atoms with Crippen LogP contribution in [0.5, 0.6) is 0 Å². The Morgan fingerprint density at radius 2 is 1.02 bits per heavy atom. The number of aromatic amines is 3. The van der Waals surface area contributed by atoms with Crippen LogP contribution in [0.3, 0.4) is 0 Å². The highest BCUT2D eigenvalue weighted by molar-refractivity contribution is 5.90. The van der Waals surface area contributed by atoms with Crippen molar-refractivity contribution in [2.75, 3.05) is 39.3 Å². The van der Waals surface area contributed by atoms with E-state index in [4.69, 9.17) is 20.3 Å². The summed E-state index contributed by atoms with van der Waals surface area (Å²) < 4.78 is 10.4. The third kappa shape index (κ3) is 17.7. The van der Waals surface area contributed by atoms with Gasteiger partial charge >= 0.3 is 18.2 Å². The van der Waals surface area contributed by atoms with E-state index in [0.29, 0.717) is 44.8 Å². The highest BCUT2D eigenvalue weighted by Gasteiger charge is 2.28. The van der Waals surface area contributed by atoms with Gasteiger partial charge < -0.3 is 46.1 Å². The van der Waals surface area contributed by atoms with Crippen molar-refractivity contribution in [2.24, 2.45) is 5.73 Å². The second kappa shape index (κ2) is 22.1. The molecule has 6 rings (SSSR count). The Hall–Kier alpha value is -5.71. The summed E-state index contributed by atoms with van der Waals surface area (Å²) in [5, 5.41) is 35.0. The fourth-order valence-electron chi connectivity index (χ4n) is 5.47. The van der Waals surface area contributed by atoms with Gasteiger partial charge in [-0.05, 0) is 93.2 Å². The average molecular weight is 804 g/mol. The predicted octanol–water partition coefficient (Wildman–Crippen LogP) is 1.07. The normalized spacial score (nSPS) is 16.6. The van der Waals surface area contributed by atoms with E-state index in [1.165, 1.54) is 12.7 Å². The zero-order chi connectivity index (χ0) is 42.0. The summed E-state index contributed by atoms with van der Waals surface area (Å²) in [7, 11) is 0. The van der Waals surface area contributed by atoms with Gasteiger partial charge in [-0.2, -0.15) is 15.3 Å². The number of nitrogens with one attached hydrogen (secondary N) is 6. The molecule has 3 aromatic rings. The largest absolute Gasteiger partial charge is 0.475 e. The number of H-pyrrole nitrogens is 3. The van der Waals surface area contributed by atoms with E-state index in [1.54, 1.807) is 9.80 Å². The monoisotopic (exact) mass is 803 g/mol. The Bertz CT molecular complexity index is 1640. The minimum absolute atomic E-state index is 0.0265. The van der Waals surface area contributed by atoms with E-state index >= 15 is 0 Å². The molecule has 3 aliphatic rings. The zero-order valence-electron chi connectivity index (χ0n) is 33.4. The second-order valence-electron chi connectivity index (χ2n) is 15.3. The molecule has 3 aromatic heterocycles. The van der Waals surface area contributed by atoms with Crippen LogP contribution in [0.25, 0.3) is 0 Å². The summed E-state index contributed by atoms with van der Waals surface area (Å²) in [6, 6.07) is 0.526. The number of carbonyl (C=O) groups is 5. The summed E-state index contributed by atoms with van der Waals surface area (Å²) in [5.74, 6) is -0.931. The number of nitrogens with two attached hydrogens (primary N) is 1. The van der Waals surface area contributed by atoms with Crippen molar-refractivity contribution in [2.45, 2.75) is 109 Å². The summed E-state index contributed by atoms with van der Waals surface area (Å²) >= 11 is 0. The first-order chi connectivity index (χ1) is 26.9. The van der Waals surface area contributed by atoms with Crippen LogP contribution in [0.1, 0.15) is 112 Å². The van der Waals surface area contributed by atoms with Crippen LogP contribution in [-0.2, 0) is 9.47 Å². The van der Waals surface area contributed by atoms with Crippen LogP contribution in [0.2, 0.25) is 0 Å². The van der Waals surface area contributed by atoms with Crippen molar-refractivity contribution in [3.05, 3.63) is 36.5 Å². The van der Waals surface area contributed by atoms with Crippen molar-refractivity contribution >= 4 is 30.0 Å². The fraction of sp³-hybridized carbons (Fsp3) is 0.676. The number of hydrogen-bond acceptors (Lipinski definition) is 15. The lowest BCUT2D eigenvalue weighted by Gasteiger charge is -2.32. The van der Waals surface area contributed by atoms with Crippen molar-refractivity contribution < 1.29 is 38.6 Å². The van der Waals surface area contributed by atoms with Crippen LogP contribution in [0.4, 0.5) is 9.59 Å². The van der Waals surface area contributed by atoms with Gasteiger partial charge in [0.25, 0.3) is 11.8 Å².